The minimum atomic E-state index is -1.83. The van der Waals surface area contributed by atoms with Gasteiger partial charge < -0.3 is 55.3 Å². The number of ether oxygens (including phenoxy) is 4. The van der Waals surface area contributed by atoms with Crippen molar-refractivity contribution in [3.63, 3.8) is 0 Å². The first-order valence-corrected chi connectivity index (χ1v) is 18.0. The maximum atomic E-state index is 13.5. The van der Waals surface area contributed by atoms with Crippen LogP contribution in [0.1, 0.15) is 51.5 Å². The number of amides is 2. The molecule has 2 aromatic carbocycles. The molecule has 0 spiro atoms. The number of esters is 1. The standard InChI is InChI=1S/C38H51N5O13/c1-22(44)27(41-36(51)54-21-24-10-7-6-8-11-24)33(49)40-18-9-17-39-28(35(50)56-38(2,3)4)29(46)32-30(47)31(48)34(55-32)42-19-16-26(45)43(37(42)52)20-23-12-14-25(53-5)15-13-23/h6-8,10-16,19,22,27-32,34,39,44,46-48H,9,17-18,20-21H2,1-5H3,(H,40,49)(H,41,51)/t22?,27-,28-,29+,30-,31+,32?,34+/m0/s1. The Balaban J connectivity index is 1.39. The van der Waals surface area contributed by atoms with Gasteiger partial charge in [0.1, 0.15) is 54.5 Å². The van der Waals surface area contributed by atoms with Crippen LogP contribution in [-0.2, 0) is 37.0 Å². The minimum Gasteiger partial charge on any atom is -0.497 e. The van der Waals surface area contributed by atoms with Crippen molar-refractivity contribution >= 4 is 18.0 Å². The number of carbonyl (C=O) groups excluding carboxylic acids is 3. The number of methoxy groups -OCH3 is 1. The number of aliphatic hydroxyl groups is 4. The Kier molecular flexibility index (Phi) is 15.3. The predicted molar refractivity (Wildman–Crippen MR) is 199 cm³/mol. The topological polar surface area (TPSA) is 249 Å². The second-order valence-electron chi connectivity index (χ2n) is 14.3. The third-order valence-corrected chi connectivity index (χ3v) is 8.75. The second-order valence-corrected chi connectivity index (χ2v) is 14.3. The van der Waals surface area contributed by atoms with Crippen molar-refractivity contribution < 1.29 is 53.8 Å². The largest absolute Gasteiger partial charge is 0.497 e. The quantitative estimate of drug-likeness (QED) is 0.0676. The maximum Gasteiger partial charge on any atom is 0.408 e. The Morgan fingerprint density at radius 2 is 1.59 bits per heavy atom. The van der Waals surface area contributed by atoms with Crippen LogP contribution >= 0.6 is 0 Å². The summed E-state index contributed by atoms with van der Waals surface area (Å²) >= 11 is 0. The molecule has 0 bridgehead atoms. The third kappa shape index (κ3) is 11.7. The lowest BCUT2D eigenvalue weighted by Gasteiger charge is -2.31. The van der Waals surface area contributed by atoms with Gasteiger partial charge in [-0.15, -0.1) is 0 Å². The molecule has 2 amide bonds. The average Bonchev–Trinajstić information content (AvgIpc) is 3.45. The van der Waals surface area contributed by atoms with Crippen molar-refractivity contribution in [1.82, 2.24) is 25.1 Å². The van der Waals surface area contributed by atoms with Gasteiger partial charge in [0.2, 0.25) is 5.91 Å². The molecule has 0 radical (unpaired) electrons. The molecule has 1 fully saturated rings. The van der Waals surface area contributed by atoms with Gasteiger partial charge in [-0.25, -0.2) is 9.59 Å². The van der Waals surface area contributed by atoms with Crippen LogP contribution in [0.15, 0.2) is 76.4 Å². The van der Waals surface area contributed by atoms with Crippen LogP contribution < -0.4 is 31.9 Å². The van der Waals surface area contributed by atoms with Crippen molar-refractivity contribution in [1.29, 1.82) is 0 Å². The van der Waals surface area contributed by atoms with Crippen LogP contribution in [0.25, 0.3) is 0 Å². The molecular formula is C38H51N5O13. The van der Waals surface area contributed by atoms with E-state index in [-0.39, 0.29) is 32.7 Å². The van der Waals surface area contributed by atoms with Gasteiger partial charge in [-0.05, 0) is 63.9 Å². The van der Waals surface area contributed by atoms with Gasteiger partial charge in [0.25, 0.3) is 5.56 Å². The summed E-state index contributed by atoms with van der Waals surface area (Å²) in [5.74, 6) is -1.04. The first-order valence-electron chi connectivity index (χ1n) is 18.0. The number of alkyl carbamates (subject to hydrolysis) is 1. The van der Waals surface area contributed by atoms with Crippen LogP contribution in [0.2, 0.25) is 0 Å². The van der Waals surface area contributed by atoms with Crippen molar-refractivity contribution in [3.8, 4) is 5.75 Å². The molecule has 4 rings (SSSR count). The molecule has 1 aliphatic heterocycles. The zero-order valence-corrected chi connectivity index (χ0v) is 31.9. The molecule has 1 aliphatic rings. The van der Waals surface area contributed by atoms with E-state index in [0.29, 0.717) is 11.3 Å². The summed E-state index contributed by atoms with van der Waals surface area (Å²) in [5, 5.41) is 51.4. The summed E-state index contributed by atoms with van der Waals surface area (Å²) < 4.78 is 23.5. The molecule has 18 nitrogen and oxygen atoms in total. The van der Waals surface area contributed by atoms with Gasteiger partial charge in [0.15, 0.2) is 6.23 Å². The van der Waals surface area contributed by atoms with Gasteiger partial charge in [0, 0.05) is 18.8 Å². The number of aromatic nitrogens is 2. The number of hydrogen-bond acceptors (Lipinski definition) is 14. The van der Waals surface area contributed by atoms with Gasteiger partial charge in [0.05, 0.1) is 19.8 Å². The molecule has 2 heterocycles. The molecule has 306 valence electrons. The number of benzene rings is 2. The SMILES string of the molecule is COc1ccc(Cn2c(=O)ccn([C@@H]3OC([C@H](O)[C@H](NCCCNC(=O)[C@@H](NC(=O)OCc4ccccc4)C(C)O)C(=O)OC(C)(C)C)[C@@H](O)[C@H]3O)c2=O)cc1. The van der Waals surface area contributed by atoms with E-state index in [9.17, 15) is 44.4 Å². The maximum absolute atomic E-state index is 13.5. The molecule has 18 heteroatoms. The van der Waals surface area contributed by atoms with Crippen LogP contribution in [0.5, 0.6) is 5.75 Å². The number of aliphatic hydroxyl groups excluding tert-OH is 4. The van der Waals surface area contributed by atoms with Crippen molar-refractivity contribution in [2.75, 3.05) is 20.2 Å². The number of nitrogens with zero attached hydrogens (tertiary/aromatic N) is 2. The molecule has 2 unspecified atom stereocenters. The fourth-order valence-electron chi connectivity index (χ4n) is 5.84. The highest BCUT2D eigenvalue weighted by molar-refractivity contribution is 5.86. The number of nitrogens with one attached hydrogen (secondary N) is 3. The Morgan fingerprint density at radius 3 is 2.21 bits per heavy atom. The predicted octanol–water partition coefficient (Wildman–Crippen LogP) is -0.471. The lowest BCUT2D eigenvalue weighted by atomic mass is 9.99. The van der Waals surface area contributed by atoms with Crippen molar-refractivity contribution in [2.24, 2.45) is 0 Å². The van der Waals surface area contributed by atoms with E-state index < -0.39 is 83.7 Å². The lowest BCUT2D eigenvalue weighted by Crippen LogP contribution is -2.56. The zero-order chi connectivity index (χ0) is 41.2. The van der Waals surface area contributed by atoms with E-state index >= 15 is 0 Å². The summed E-state index contributed by atoms with van der Waals surface area (Å²) in [6, 6.07) is 13.8. The monoisotopic (exact) mass is 785 g/mol. The number of carbonyl (C=O) groups is 3. The lowest BCUT2D eigenvalue weighted by molar-refractivity contribution is -0.166. The number of hydrogen-bond donors (Lipinski definition) is 7. The van der Waals surface area contributed by atoms with E-state index in [1.165, 1.54) is 14.0 Å². The van der Waals surface area contributed by atoms with Crippen molar-refractivity contribution in [3.05, 3.63) is 98.8 Å². The molecule has 3 aromatic rings. The Hall–Kier alpha value is -5.11. The van der Waals surface area contributed by atoms with Gasteiger partial charge in [-0.3, -0.25) is 23.5 Å². The molecule has 8 atom stereocenters. The zero-order valence-electron chi connectivity index (χ0n) is 31.9. The molecular weight excluding hydrogens is 734 g/mol. The molecule has 0 saturated carbocycles. The highest BCUT2D eigenvalue weighted by atomic mass is 16.6. The van der Waals surface area contributed by atoms with Gasteiger partial charge in [-0.2, -0.15) is 0 Å². The highest BCUT2D eigenvalue weighted by Gasteiger charge is 2.50. The Morgan fingerprint density at radius 1 is 0.911 bits per heavy atom. The smallest absolute Gasteiger partial charge is 0.408 e. The normalized spacial score (nSPS) is 20.3. The highest BCUT2D eigenvalue weighted by Crippen LogP contribution is 2.31. The van der Waals surface area contributed by atoms with Crippen molar-refractivity contribution in [2.45, 2.75) is 102 Å². The summed E-state index contributed by atoms with van der Waals surface area (Å²) in [7, 11) is 1.50. The average molecular weight is 786 g/mol. The Bertz CT molecular complexity index is 1880. The van der Waals surface area contributed by atoms with E-state index in [2.05, 4.69) is 16.0 Å². The van der Waals surface area contributed by atoms with Crippen LogP contribution in [-0.4, -0.2) is 116 Å². The van der Waals surface area contributed by atoms with Gasteiger partial charge in [-0.1, -0.05) is 42.5 Å². The molecule has 1 saturated heterocycles. The fourth-order valence-corrected chi connectivity index (χ4v) is 5.84. The molecule has 0 aliphatic carbocycles. The van der Waals surface area contributed by atoms with Crippen LogP contribution in [0.4, 0.5) is 4.79 Å². The summed E-state index contributed by atoms with van der Waals surface area (Å²) in [6.07, 6.45) is -9.46. The second kappa shape index (κ2) is 19.7. The van der Waals surface area contributed by atoms with Gasteiger partial charge >= 0.3 is 17.8 Å². The summed E-state index contributed by atoms with van der Waals surface area (Å²) in [5.41, 5.74) is -1.14. The molecule has 56 heavy (non-hydrogen) atoms. The minimum absolute atomic E-state index is 0.00226. The first-order chi connectivity index (χ1) is 26.5. The third-order valence-electron chi connectivity index (χ3n) is 8.75. The molecule has 7 N–H and O–H groups in total. The summed E-state index contributed by atoms with van der Waals surface area (Å²) in [6.45, 7) is 6.00. The van der Waals surface area contributed by atoms with Crippen LogP contribution in [0.3, 0.4) is 0 Å². The van der Waals surface area contributed by atoms with E-state index in [0.717, 1.165) is 27.0 Å². The summed E-state index contributed by atoms with van der Waals surface area (Å²) in [4.78, 5) is 64.7. The van der Waals surface area contributed by atoms with E-state index in [4.69, 9.17) is 18.9 Å². The Labute approximate surface area is 323 Å². The fraction of sp³-hybridized carbons (Fsp3) is 0.500. The number of rotatable bonds is 17. The first kappa shape index (κ1) is 43.6. The van der Waals surface area contributed by atoms with E-state index in [1.807, 2.05) is 6.07 Å². The van der Waals surface area contributed by atoms with Crippen LogP contribution in [0, 0.1) is 0 Å². The van der Waals surface area contributed by atoms with E-state index in [1.54, 1.807) is 69.3 Å². The molecule has 1 aromatic heterocycles.